The van der Waals surface area contributed by atoms with E-state index in [0.717, 1.165) is 12.8 Å². The standard InChI is InChI=1S/C13H29NO3S/c1-8-11(10-17-12(2,3)4)9-13(5,6)14-18(7,15)16/h11,14H,8-10H2,1-7H3. The number of sulfonamides is 1. The molecule has 0 aromatic heterocycles. The fourth-order valence-electron chi connectivity index (χ4n) is 1.95. The third-order valence-corrected chi connectivity index (χ3v) is 3.51. The van der Waals surface area contributed by atoms with Gasteiger partial charge in [0.2, 0.25) is 10.0 Å². The van der Waals surface area contributed by atoms with Gasteiger partial charge in [-0.3, -0.25) is 0 Å². The Morgan fingerprint density at radius 2 is 1.67 bits per heavy atom. The van der Waals surface area contributed by atoms with Crippen molar-refractivity contribution in [2.75, 3.05) is 12.9 Å². The minimum atomic E-state index is -3.17. The number of hydrogen-bond donors (Lipinski definition) is 1. The van der Waals surface area contributed by atoms with Crippen LogP contribution < -0.4 is 4.72 Å². The van der Waals surface area contributed by atoms with Crippen LogP contribution in [0.5, 0.6) is 0 Å². The van der Waals surface area contributed by atoms with E-state index >= 15 is 0 Å². The van der Waals surface area contributed by atoms with Crippen LogP contribution in [-0.2, 0) is 14.8 Å². The molecule has 0 aliphatic rings. The van der Waals surface area contributed by atoms with E-state index in [0.29, 0.717) is 12.5 Å². The lowest BCUT2D eigenvalue weighted by Crippen LogP contribution is -2.44. The molecule has 5 heteroatoms. The topological polar surface area (TPSA) is 55.4 Å². The van der Waals surface area contributed by atoms with Gasteiger partial charge in [-0.2, -0.15) is 0 Å². The van der Waals surface area contributed by atoms with Crippen molar-refractivity contribution in [1.29, 1.82) is 0 Å². The lowest BCUT2D eigenvalue weighted by atomic mass is 9.90. The molecule has 1 atom stereocenters. The molecule has 0 spiro atoms. The average molecular weight is 279 g/mol. The second kappa shape index (κ2) is 6.35. The summed E-state index contributed by atoms with van der Waals surface area (Å²) in [5.41, 5.74) is -0.586. The van der Waals surface area contributed by atoms with Crippen LogP contribution in [0.2, 0.25) is 0 Å². The van der Waals surface area contributed by atoms with Crippen molar-refractivity contribution in [3.8, 4) is 0 Å². The molecule has 18 heavy (non-hydrogen) atoms. The Kier molecular flexibility index (Phi) is 6.30. The molecule has 0 rings (SSSR count). The third kappa shape index (κ3) is 9.85. The summed E-state index contributed by atoms with van der Waals surface area (Å²) in [6.07, 6.45) is 2.94. The number of hydrogen-bond acceptors (Lipinski definition) is 3. The molecule has 0 heterocycles. The summed E-state index contributed by atoms with van der Waals surface area (Å²) in [7, 11) is -3.17. The van der Waals surface area contributed by atoms with E-state index in [4.69, 9.17) is 4.74 Å². The summed E-state index contributed by atoms with van der Waals surface area (Å²) in [5, 5.41) is 0. The zero-order valence-electron chi connectivity index (χ0n) is 12.8. The highest BCUT2D eigenvalue weighted by Crippen LogP contribution is 2.22. The molecule has 0 bridgehead atoms. The highest BCUT2D eigenvalue weighted by Gasteiger charge is 2.26. The normalized spacial score (nSPS) is 15.7. The van der Waals surface area contributed by atoms with Crippen LogP contribution >= 0.6 is 0 Å². The first-order valence-electron chi connectivity index (χ1n) is 6.47. The van der Waals surface area contributed by atoms with E-state index in [-0.39, 0.29) is 5.60 Å². The highest BCUT2D eigenvalue weighted by molar-refractivity contribution is 7.88. The van der Waals surface area contributed by atoms with Crippen molar-refractivity contribution in [2.45, 2.75) is 65.5 Å². The summed E-state index contributed by atoms with van der Waals surface area (Å²) >= 11 is 0. The van der Waals surface area contributed by atoms with Crippen LogP contribution in [0, 0.1) is 5.92 Å². The van der Waals surface area contributed by atoms with Gasteiger partial charge < -0.3 is 4.74 Å². The van der Waals surface area contributed by atoms with Crippen molar-refractivity contribution >= 4 is 10.0 Å². The van der Waals surface area contributed by atoms with Crippen LogP contribution in [0.1, 0.15) is 54.4 Å². The quantitative estimate of drug-likeness (QED) is 0.779. The van der Waals surface area contributed by atoms with Crippen molar-refractivity contribution in [2.24, 2.45) is 5.92 Å². The van der Waals surface area contributed by atoms with Gasteiger partial charge >= 0.3 is 0 Å². The van der Waals surface area contributed by atoms with Gasteiger partial charge in [0.1, 0.15) is 0 Å². The summed E-state index contributed by atoms with van der Waals surface area (Å²) in [5.74, 6) is 0.355. The maximum atomic E-state index is 11.3. The van der Waals surface area contributed by atoms with Gasteiger partial charge in [0, 0.05) is 5.54 Å². The molecular formula is C13H29NO3S. The van der Waals surface area contributed by atoms with Crippen LogP contribution in [0.25, 0.3) is 0 Å². The molecule has 0 radical (unpaired) electrons. The summed E-state index contributed by atoms with van der Waals surface area (Å²) in [4.78, 5) is 0. The average Bonchev–Trinajstić information content (AvgIpc) is 2.06. The number of rotatable bonds is 7. The maximum Gasteiger partial charge on any atom is 0.209 e. The van der Waals surface area contributed by atoms with Crippen LogP contribution in [-0.4, -0.2) is 32.4 Å². The lowest BCUT2D eigenvalue weighted by Gasteiger charge is -2.31. The summed E-state index contributed by atoms with van der Waals surface area (Å²) in [6, 6.07) is 0. The Balaban J connectivity index is 4.44. The molecule has 0 aromatic rings. The number of ether oxygens (including phenoxy) is 1. The minimum absolute atomic E-state index is 0.151. The van der Waals surface area contributed by atoms with E-state index in [1.165, 1.54) is 6.26 Å². The zero-order chi connectivity index (χ0) is 14.6. The van der Waals surface area contributed by atoms with E-state index in [1.807, 2.05) is 34.6 Å². The fraction of sp³-hybridized carbons (Fsp3) is 1.00. The smallest absolute Gasteiger partial charge is 0.209 e. The first-order chi connectivity index (χ1) is 7.85. The van der Waals surface area contributed by atoms with Gasteiger partial charge in [0.05, 0.1) is 18.5 Å². The lowest BCUT2D eigenvalue weighted by molar-refractivity contribution is -0.0270. The Morgan fingerprint density at radius 3 is 2.00 bits per heavy atom. The summed E-state index contributed by atoms with van der Waals surface area (Å²) < 4.78 is 31.0. The largest absolute Gasteiger partial charge is 0.376 e. The molecule has 0 fully saturated rings. The Hall–Kier alpha value is -0.130. The van der Waals surface area contributed by atoms with E-state index < -0.39 is 15.6 Å². The van der Waals surface area contributed by atoms with Gasteiger partial charge in [0.25, 0.3) is 0 Å². The second-order valence-corrected chi connectivity index (χ2v) is 8.41. The SMILES string of the molecule is CCC(COC(C)(C)C)CC(C)(C)NS(C)(=O)=O. The molecule has 1 N–H and O–H groups in total. The van der Waals surface area contributed by atoms with Crippen molar-refractivity contribution in [1.82, 2.24) is 4.72 Å². The monoisotopic (exact) mass is 279 g/mol. The molecule has 0 saturated heterocycles. The van der Waals surface area contributed by atoms with E-state index in [1.54, 1.807) is 0 Å². The van der Waals surface area contributed by atoms with Crippen LogP contribution in [0.3, 0.4) is 0 Å². The molecule has 0 amide bonds. The van der Waals surface area contributed by atoms with E-state index in [9.17, 15) is 8.42 Å². The van der Waals surface area contributed by atoms with Gasteiger partial charge in [-0.1, -0.05) is 13.3 Å². The maximum absolute atomic E-state index is 11.3. The molecule has 110 valence electrons. The zero-order valence-corrected chi connectivity index (χ0v) is 13.6. The molecule has 0 saturated carbocycles. The predicted octanol–water partition coefficient (Wildman–Crippen LogP) is 2.55. The van der Waals surface area contributed by atoms with Gasteiger partial charge in [-0.15, -0.1) is 0 Å². The minimum Gasteiger partial charge on any atom is -0.376 e. The molecule has 1 unspecified atom stereocenters. The van der Waals surface area contributed by atoms with Crippen LogP contribution in [0.15, 0.2) is 0 Å². The Labute approximate surface area is 113 Å². The van der Waals surface area contributed by atoms with Crippen LogP contribution in [0.4, 0.5) is 0 Å². The van der Waals surface area contributed by atoms with Crippen molar-refractivity contribution in [3.63, 3.8) is 0 Å². The predicted molar refractivity (Wildman–Crippen MR) is 76.2 cm³/mol. The Bertz CT molecular complexity index is 342. The first kappa shape index (κ1) is 17.9. The van der Waals surface area contributed by atoms with Gasteiger partial charge in [-0.25, -0.2) is 13.1 Å². The Morgan fingerprint density at radius 1 is 1.17 bits per heavy atom. The van der Waals surface area contributed by atoms with Crippen molar-refractivity contribution < 1.29 is 13.2 Å². The van der Waals surface area contributed by atoms with Gasteiger partial charge in [-0.05, 0) is 47.0 Å². The molecule has 0 aromatic carbocycles. The summed E-state index contributed by atoms with van der Waals surface area (Å²) in [6.45, 7) is 12.7. The third-order valence-electron chi connectivity index (χ3n) is 2.59. The molecule has 0 aliphatic heterocycles. The molecule has 4 nitrogen and oxygen atoms in total. The van der Waals surface area contributed by atoms with E-state index in [2.05, 4.69) is 11.6 Å². The molecule has 0 aliphatic carbocycles. The first-order valence-corrected chi connectivity index (χ1v) is 8.37. The highest BCUT2D eigenvalue weighted by atomic mass is 32.2. The second-order valence-electron chi connectivity index (χ2n) is 6.66. The fourth-order valence-corrected chi connectivity index (χ4v) is 3.04. The van der Waals surface area contributed by atoms with Crippen molar-refractivity contribution in [3.05, 3.63) is 0 Å². The number of nitrogens with one attached hydrogen (secondary N) is 1. The molecular weight excluding hydrogens is 250 g/mol. The van der Waals surface area contributed by atoms with Gasteiger partial charge in [0.15, 0.2) is 0 Å².